The van der Waals surface area contributed by atoms with E-state index < -0.39 is 0 Å². The summed E-state index contributed by atoms with van der Waals surface area (Å²) in [7, 11) is 0. The van der Waals surface area contributed by atoms with Gasteiger partial charge in [-0.05, 0) is 24.6 Å². The lowest BCUT2D eigenvalue weighted by molar-refractivity contribution is 0.108. The molecule has 0 aliphatic carbocycles. The fraction of sp³-hybridized carbons (Fsp3) is 0.100. The first kappa shape index (κ1) is 8.73. The van der Waals surface area contributed by atoms with Crippen LogP contribution < -0.4 is 0 Å². The molecule has 66 valence electrons. The van der Waals surface area contributed by atoms with Gasteiger partial charge in [-0.2, -0.15) is 0 Å². The Kier molecular flexibility index (Phi) is 2.10. The van der Waals surface area contributed by atoms with Crippen molar-refractivity contribution in [3.8, 4) is 0 Å². The number of fused-ring (bicyclic) bond motifs is 1. The van der Waals surface area contributed by atoms with Gasteiger partial charge in [0.2, 0.25) is 0 Å². The Bertz CT molecular complexity index is 473. The molecule has 0 fully saturated rings. The molecule has 0 bridgehead atoms. The predicted octanol–water partition coefficient (Wildman–Crippen LogP) is 3.59. The third kappa shape index (κ3) is 1.36. The van der Waals surface area contributed by atoms with E-state index in [-0.39, 0.29) is 5.24 Å². The average molecular weight is 211 g/mol. The molecular weight excluding hydrogens is 204 g/mol. The quantitative estimate of drug-likeness (QED) is 0.658. The molecule has 13 heavy (non-hydrogen) atoms. The molecule has 0 saturated heterocycles. The maximum atomic E-state index is 11.1. The lowest BCUT2D eigenvalue weighted by Gasteiger charge is -1.91. The molecule has 0 aliphatic heterocycles. The normalized spacial score (nSPS) is 10.6. The summed E-state index contributed by atoms with van der Waals surface area (Å²) in [6.45, 7) is 1.92. The van der Waals surface area contributed by atoms with Crippen molar-refractivity contribution in [1.29, 1.82) is 0 Å². The molecule has 0 N–H and O–H groups in total. The highest BCUT2D eigenvalue weighted by Crippen LogP contribution is 2.31. The zero-order valence-corrected chi connectivity index (χ0v) is 8.58. The van der Waals surface area contributed by atoms with Gasteiger partial charge in [0.1, 0.15) is 0 Å². The number of aryl methyl sites for hydroxylation is 1. The summed E-state index contributed by atoms with van der Waals surface area (Å²) in [4.78, 5) is 12.1. The van der Waals surface area contributed by atoms with Gasteiger partial charge in [-0.3, -0.25) is 4.79 Å². The smallest absolute Gasteiger partial charge is 0.254 e. The van der Waals surface area contributed by atoms with Crippen molar-refractivity contribution in [2.75, 3.05) is 0 Å². The SMILES string of the molecule is Cc1sc2ccccc2c1C(=O)Cl. The number of halogens is 1. The van der Waals surface area contributed by atoms with Gasteiger partial charge in [-0.15, -0.1) is 11.3 Å². The largest absolute Gasteiger partial charge is 0.276 e. The highest BCUT2D eigenvalue weighted by molar-refractivity contribution is 7.19. The van der Waals surface area contributed by atoms with E-state index in [1.807, 2.05) is 31.2 Å². The first-order valence-electron chi connectivity index (χ1n) is 3.88. The van der Waals surface area contributed by atoms with Crippen LogP contribution in [0.25, 0.3) is 10.1 Å². The predicted molar refractivity (Wildman–Crippen MR) is 56.7 cm³/mol. The monoisotopic (exact) mass is 210 g/mol. The van der Waals surface area contributed by atoms with Crippen LogP contribution in [0.4, 0.5) is 0 Å². The van der Waals surface area contributed by atoms with Crippen LogP contribution in [0, 0.1) is 6.92 Å². The molecule has 2 aromatic rings. The number of hydrogen-bond acceptors (Lipinski definition) is 2. The Labute approximate surface area is 84.9 Å². The van der Waals surface area contributed by atoms with Crippen LogP contribution in [0.3, 0.4) is 0 Å². The van der Waals surface area contributed by atoms with Crippen LogP contribution in [-0.4, -0.2) is 5.24 Å². The number of hydrogen-bond donors (Lipinski definition) is 0. The molecule has 1 aromatic heterocycles. The number of carbonyl (C=O) groups excluding carboxylic acids is 1. The van der Waals surface area contributed by atoms with Crippen molar-refractivity contribution in [3.05, 3.63) is 34.7 Å². The number of thiophene rings is 1. The minimum Gasteiger partial charge on any atom is -0.276 e. The molecule has 1 aromatic carbocycles. The summed E-state index contributed by atoms with van der Waals surface area (Å²) >= 11 is 7.10. The summed E-state index contributed by atoms with van der Waals surface area (Å²) in [6, 6.07) is 7.79. The number of rotatable bonds is 1. The van der Waals surface area contributed by atoms with Crippen molar-refractivity contribution in [1.82, 2.24) is 0 Å². The van der Waals surface area contributed by atoms with Crippen LogP contribution in [-0.2, 0) is 0 Å². The van der Waals surface area contributed by atoms with Gasteiger partial charge < -0.3 is 0 Å². The van der Waals surface area contributed by atoms with Gasteiger partial charge in [-0.1, -0.05) is 18.2 Å². The number of carbonyl (C=O) groups is 1. The van der Waals surface area contributed by atoms with E-state index >= 15 is 0 Å². The molecule has 0 saturated carbocycles. The maximum absolute atomic E-state index is 11.1. The topological polar surface area (TPSA) is 17.1 Å². The van der Waals surface area contributed by atoms with Crippen molar-refractivity contribution >= 4 is 38.3 Å². The molecule has 3 heteroatoms. The van der Waals surface area contributed by atoms with Crippen molar-refractivity contribution in [2.24, 2.45) is 0 Å². The van der Waals surface area contributed by atoms with E-state index in [1.54, 1.807) is 11.3 Å². The van der Waals surface area contributed by atoms with Crippen LogP contribution in [0.15, 0.2) is 24.3 Å². The van der Waals surface area contributed by atoms with Crippen molar-refractivity contribution < 1.29 is 4.79 Å². The standard InChI is InChI=1S/C10H7ClOS/c1-6-9(10(11)12)7-4-2-3-5-8(7)13-6/h2-5H,1H3. The van der Waals surface area contributed by atoms with E-state index in [2.05, 4.69) is 0 Å². The minimum atomic E-state index is -0.366. The third-order valence-electron chi connectivity index (χ3n) is 1.97. The second-order valence-electron chi connectivity index (χ2n) is 2.80. The molecule has 0 amide bonds. The highest BCUT2D eigenvalue weighted by atomic mass is 35.5. The van der Waals surface area contributed by atoms with Crippen molar-refractivity contribution in [2.45, 2.75) is 6.92 Å². The van der Waals surface area contributed by atoms with Gasteiger partial charge in [0.05, 0.1) is 5.56 Å². The minimum absolute atomic E-state index is 0.366. The van der Waals surface area contributed by atoms with Crippen LogP contribution >= 0.6 is 22.9 Å². The molecular formula is C10H7ClOS. The van der Waals surface area contributed by atoms with Gasteiger partial charge in [0.15, 0.2) is 0 Å². The Morgan fingerprint density at radius 3 is 2.77 bits per heavy atom. The molecule has 0 unspecified atom stereocenters. The highest BCUT2D eigenvalue weighted by Gasteiger charge is 2.13. The van der Waals surface area contributed by atoms with E-state index in [0.717, 1.165) is 15.0 Å². The fourth-order valence-corrected chi connectivity index (χ4v) is 2.77. The Balaban J connectivity index is 2.86. The second-order valence-corrected chi connectivity index (χ2v) is 4.40. The first-order valence-corrected chi connectivity index (χ1v) is 5.07. The van der Waals surface area contributed by atoms with E-state index in [9.17, 15) is 4.79 Å². The summed E-state index contributed by atoms with van der Waals surface area (Å²) in [5.41, 5.74) is 0.655. The van der Waals surface area contributed by atoms with E-state index in [1.165, 1.54) is 0 Å². The lowest BCUT2D eigenvalue weighted by Crippen LogP contribution is -1.87. The third-order valence-corrected chi connectivity index (χ3v) is 3.24. The Hall–Kier alpha value is -0.860. The molecule has 0 atom stereocenters. The Morgan fingerprint density at radius 1 is 1.38 bits per heavy atom. The van der Waals surface area contributed by atoms with E-state index in [0.29, 0.717) is 5.56 Å². The zero-order valence-electron chi connectivity index (χ0n) is 7.00. The average Bonchev–Trinajstić information content (AvgIpc) is 2.39. The van der Waals surface area contributed by atoms with Crippen molar-refractivity contribution in [3.63, 3.8) is 0 Å². The second kappa shape index (κ2) is 3.13. The molecule has 1 nitrogen and oxygen atoms in total. The maximum Gasteiger partial charge on any atom is 0.254 e. The van der Waals surface area contributed by atoms with E-state index in [4.69, 9.17) is 11.6 Å². The van der Waals surface area contributed by atoms with Crippen LogP contribution in [0.5, 0.6) is 0 Å². The van der Waals surface area contributed by atoms with Crippen LogP contribution in [0.1, 0.15) is 15.2 Å². The molecule has 0 radical (unpaired) electrons. The van der Waals surface area contributed by atoms with Crippen LogP contribution in [0.2, 0.25) is 0 Å². The summed E-state index contributed by atoms with van der Waals surface area (Å²) in [5.74, 6) is 0. The lowest BCUT2D eigenvalue weighted by atomic mass is 10.1. The molecule has 1 heterocycles. The zero-order chi connectivity index (χ0) is 9.42. The molecule has 0 aliphatic rings. The fourth-order valence-electron chi connectivity index (χ4n) is 1.41. The van der Waals surface area contributed by atoms with Gasteiger partial charge in [0.25, 0.3) is 5.24 Å². The number of benzene rings is 1. The van der Waals surface area contributed by atoms with Gasteiger partial charge in [0, 0.05) is 15.0 Å². The first-order chi connectivity index (χ1) is 6.20. The summed E-state index contributed by atoms with van der Waals surface area (Å²) < 4.78 is 1.11. The van der Waals surface area contributed by atoms with Gasteiger partial charge in [-0.25, -0.2) is 0 Å². The molecule has 2 rings (SSSR count). The Morgan fingerprint density at radius 2 is 2.08 bits per heavy atom. The summed E-state index contributed by atoms with van der Waals surface area (Å²) in [5, 5.41) is 0.597. The molecule has 0 spiro atoms. The van der Waals surface area contributed by atoms with Gasteiger partial charge >= 0.3 is 0 Å². The summed E-state index contributed by atoms with van der Waals surface area (Å²) in [6.07, 6.45) is 0.